The topological polar surface area (TPSA) is 69.7 Å². The van der Waals surface area contributed by atoms with Gasteiger partial charge in [-0.1, -0.05) is 0 Å². The van der Waals surface area contributed by atoms with E-state index >= 15 is 0 Å². The van der Waals surface area contributed by atoms with Crippen molar-refractivity contribution in [3.63, 3.8) is 0 Å². The van der Waals surface area contributed by atoms with Gasteiger partial charge >= 0.3 is 0 Å². The van der Waals surface area contributed by atoms with Gasteiger partial charge in [0.15, 0.2) is 11.6 Å². The minimum Gasteiger partial charge on any atom is -0.485 e. The molecule has 2 aliphatic rings. The number of nitrogens with one attached hydrogen (secondary N) is 2. The minimum atomic E-state index is -0.835. The number of aromatic nitrogens is 1. The van der Waals surface area contributed by atoms with Crippen molar-refractivity contribution in [1.29, 1.82) is 0 Å². The van der Waals surface area contributed by atoms with Gasteiger partial charge in [0.2, 0.25) is 11.9 Å². The Bertz CT molecular complexity index is 1020. The number of carbonyl (C=O) groups excluding carboxylic acids is 1. The molecule has 2 N–H and O–H groups in total. The van der Waals surface area contributed by atoms with E-state index in [2.05, 4.69) is 20.5 Å². The fourth-order valence-corrected chi connectivity index (χ4v) is 4.48. The highest BCUT2D eigenvalue weighted by atomic mass is 35.5. The second kappa shape index (κ2) is 13.2. The van der Waals surface area contributed by atoms with E-state index in [1.165, 1.54) is 18.3 Å². The monoisotopic (exact) mass is 527 g/mol. The molecule has 1 aromatic heterocycles. The van der Waals surface area contributed by atoms with Crippen molar-refractivity contribution in [3.8, 4) is 5.75 Å². The van der Waals surface area contributed by atoms with Gasteiger partial charge in [-0.2, -0.15) is 4.39 Å². The van der Waals surface area contributed by atoms with Crippen molar-refractivity contribution in [2.75, 3.05) is 52.9 Å². The Balaban J connectivity index is 0.00000361. The summed E-state index contributed by atoms with van der Waals surface area (Å²) < 4.78 is 47.9. The van der Waals surface area contributed by atoms with Gasteiger partial charge in [0.05, 0.1) is 6.54 Å². The highest BCUT2D eigenvalue weighted by molar-refractivity contribution is 5.85. The quantitative estimate of drug-likeness (QED) is 0.346. The number of hydrogen-bond donors (Lipinski definition) is 2. The van der Waals surface area contributed by atoms with Crippen molar-refractivity contribution in [2.45, 2.75) is 31.4 Å². The van der Waals surface area contributed by atoms with Crippen LogP contribution >= 0.6 is 12.4 Å². The summed E-state index contributed by atoms with van der Waals surface area (Å²) in [6.45, 7) is 5.08. The maximum absolute atomic E-state index is 14.6. The molecule has 2 aromatic rings. The average molecular weight is 528 g/mol. The van der Waals surface area contributed by atoms with Gasteiger partial charge in [-0.25, -0.2) is 13.8 Å². The standard InChI is InChI=1S/C25H32F3N5O2.ClH/c1-29-5-3-7-32-8-10-33(11-9-32)23(34)15-31-22-14-19(22)20-12-18(26)13-21(27)24(20)35-16-17-4-2-6-30-25(17)28;/h2,4,6,12-13,19,22,29,31H,3,5,7-11,14-16H2,1H3;1H/t19-,22+;/m0./s1. The Morgan fingerprint density at radius 3 is 2.69 bits per heavy atom. The van der Waals surface area contributed by atoms with Crippen LogP contribution in [-0.2, 0) is 11.4 Å². The molecule has 2 heterocycles. The van der Waals surface area contributed by atoms with Gasteiger partial charge in [0, 0.05) is 61.5 Å². The lowest BCUT2D eigenvalue weighted by atomic mass is 10.1. The van der Waals surface area contributed by atoms with Crippen molar-refractivity contribution < 1.29 is 22.7 Å². The molecule has 2 atom stereocenters. The number of ether oxygens (including phenoxy) is 1. The first-order valence-electron chi connectivity index (χ1n) is 12.1. The first-order chi connectivity index (χ1) is 17.0. The molecule has 0 bridgehead atoms. The molecule has 0 unspecified atom stereocenters. The van der Waals surface area contributed by atoms with Crippen LogP contribution in [0.15, 0.2) is 30.5 Å². The van der Waals surface area contributed by atoms with E-state index in [4.69, 9.17) is 4.74 Å². The Hall–Kier alpha value is -2.40. The number of nitrogens with zero attached hydrogens (tertiary/aromatic N) is 3. The van der Waals surface area contributed by atoms with Gasteiger partial charge < -0.3 is 20.3 Å². The predicted molar refractivity (Wildman–Crippen MR) is 133 cm³/mol. The summed E-state index contributed by atoms with van der Waals surface area (Å²) in [7, 11) is 1.94. The van der Waals surface area contributed by atoms with E-state index in [-0.39, 0.29) is 54.7 Å². The second-order valence-corrected chi connectivity index (χ2v) is 9.06. The first kappa shape index (κ1) is 28.2. The third kappa shape index (κ3) is 7.32. The van der Waals surface area contributed by atoms with E-state index in [0.29, 0.717) is 25.1 Å². The van der Waals surface area contributed by atoms with Crippen molar-refractivity contribution in [2.24, 2.45) is 0 Å². The van der Waals surface area contributed by atoms with E-state index < -0.39 is 17.6 Å². The molecule has 1 saturated carbocycles. The lowest BCUT2D eigenvalue weighted by molar-refractivity contribution is -0.132. The number of hydrogen-bond acceptors (Lipinski definition) is 6. The molecule has 7 nitrogen and oxygen atoms in total. The van der Waals surface area contributed by atoms with Gasteiger partial charge in [0.1, 0.15) is 12.4 Å². The number of halogens is 4. The highest BCUT2D eigenvalue weighted by Crippen LogP contribution is 2.46. The molecule has 4 rings (SSSR count). The summed E-state index contributed by atoms with van der Waals surface area (Å²) in [6.07, 6.45) is 3.03. The van der Waals surface area contributed by atoms with Gasteiger partial charge in [-0.15, -0.1) is 12.4 Å². The largest absolute Gasteiger partial charge is 0.485 e. The van der Waals surface area contributed by atoms with Crippen LogP contribution < -0.4 is 15.4 Å². The highest BCUT2D eigenvalue weighted by Gasteiger charge is 2.41. The summed E-state index contributed by atoms with van der Waals surface area (Å²) in [5, 5.41) is 6.36. The summed E-state index contributed by atoms with van der Waals surface area (Å²) in [4.78, 5) is 20.4. The van der Waals surface area contributed by atoms with Crippen LogP contribution in [0.2, 0.25) is 0 Å². The first-order valence-corrected chi connectivity index (χ1v) is 12.1. The zero-order valence-corrected chi connectivity index (χ0v) is 21.1. The van der Waals surface area contributed by atoms with Crippen molar-refractivity contribution >= 4 is 18.3 Å². The molecular weight excluding hydrogens is 495 g/mol. The second-order valence-electron chi connectivity index (χ2n) is 9.06. The Morgan fingerprint density at radius 1 is 1.19 bits per heavy atom. The Morgan fingerprint density at radius 2 is 1.97 bits per heavy atom. The molecule has 0 spiro atoms. The van der Waals surface area contributed by atoms with E-state index in [1.807, 2.05) is 11.9 Å². The summed E-state index contributed by atoms with van der Waals surface area (Å²) in [5.74, 6) is -2.49. The van der Waals surface area contributed by atoms with Crippen LogP contribution in [0.1, 0.15) is 29.9 Å². The number of carbonyl (C=O) groups is 1. The molecule has 1 aromatic carbocycles. The maximum Gasteiger partial charge on any atom is 0.236 e. The SMILES string of the molecule is CNCCCN1CCN(C(=O)CN[C@@H]2C[C@H]2c2cc(F)cc(F)c2OCc2cccnc2F)CC1.Cl. The van der Waals surface area contributed by atoms with Crippen LogP contribution in [0, 0.1) is 17.6 Å². The molecule has 2 fully saturated rings. The minimum absolute atomic E-state index is 0. The summed E-state index contributed by atoms with van der Waals surface area (Å²) in [5.41, 5.74) is 0.562. The molecule has 1 saturated heterocycles. The lowest BCUT2D eigenvalue weighted by Gasteiger charge is -2.34. The summed E-state index contributed by atoms with van der Waals surface area (Å²) in [6, 6.07) is 4.98. The molecule has 1 amide bonds. The molecular formula is C25H33ClF3N5O2. The molecule has 11 heteroatoms. The molecule has 1 aliphatic carbocycles. The van der Waals surface area contributed by atoms with Crippen LogP contribution in [0.25, 0.3) is 0 Å². The normalized spacial score (nSPS) is 19.6. The lowest BCUT2D eigenvalue weighted by Crippen LogP contribution is -2.51. The number of piperazine rings is 1. The van der Waals surface area contributed by atoms with Gasteiger partial charge in [-0.3, -0.25) is 9.69 Å². The van der Waals surface area contributed by atoms with Crippen LogP contribution in [0.3, 0.4) is 0 Å². The maximum atomic E-state index is 14.6. The number of amides is 1. The van der Waals surface area contributed by atoms with Crippen LogP contribution in [-0.4, -0.2) is 79.6 Å². The fraction of sp³-hybridized carbons (Fsp3) is 0.520. The van der Waals surface area contributed by atoms with Crippen LogP contribution in [0.5, 0.6) is 5.75 Å². The van der Waals surface area contributed by atoms with E-state index in [9.17, 15) is 18.0 Å². The number of benzene rings is 1. The van der Waals surface area contributed by atoms with Gasteiger partial charge in [-0.05, 0) is 51.2 Å². The van der Waals surface area contributed by atoms with Crippen molar-refractivity contribution in [1.82, 2.24) is 25.4 Å². The average Bonchev–Trinajstić information content (AvgIpc) is 3.63. The zero-order valence-electron chi connectivity index (χ0n) is 20.3. The fourth-order valence-electron chi connectivity index (χ4n) is 4.48. The third-order valence-electron chi connectivity index (χ3n) is 6.58. The van der Waals surface area contributed by atoms with Crippen LogP contribution in [0.4, 0.5) is 13.2 Å². The molecule has 0 radical (unpaired) electrons. The Labute approximate surface area is 215 Å². The molecule has 198 valence electrons. The molecule has 36 heavy (non-hydrogen) atoms. The van der Waals surface area contributed by atoms with Gasteiger partial charge in [0.25, 0.3) is 0 Å². The number of rotatable bonds is 11. The third-order valence-corrected chi connectivity index (χ3v) is 6.58. The summed E-state index contributed by atoms with van der Waals surface area (Å²) >= 11 is 0. The molecule has 1 aliphatic heterocycles. The zero-order chi connectivity index (χ0) is 24.8. The van der Waals surface area contributed by atoms with E-state index in [1.54, 1.807) is 6.07 Å². The Kier molecular flexibility index (Phi) is 10.4. The predicted octanol–water partition coefficient (Wildman–Crippen LogP) is 2.70. The smallest absolute Gasteiger partial charge is 0.236 e. The number of pyridine rings is 1. The van der Waals surface area contributed by atoms with E-state index in [0.717, 1.165) is 38.7 Å². The van der Waals surface area contributed by atoms with Crippen molar-refractivity contribution in [3.05, 3.63) is 59.2 Å².